The molecule has 0 bridgehead atoms. The van der Waals surface area contributed by atoms with Crippen molar-refractivity contribution in [1.82, 2.24) is 10.2 Å². The molecule has 0 aliphatic rings. The highest BCUT2D eigenvalue weighted by Crippen LogP contribution is 2.08. The van der Waals surface area contributed by atoms with Gasteiger partial charge in [0, 0.05) is 39.4 Å². The summed E-state index contributed by atoms with van der Waals surface area (Å²) in [4.78, 5) is 2.44. The molecule has 4 heteroatoms. The fraction of sp³-hybridized carbons (Fsp3) is 1.00. The molecule has 0 aromatic rings. The van der Waals surface area contributed by atoms with Gasteiger partial charge in [0.1, 0.15) is 0 Å². The van der Waals surface area contributed by atoms with Gasteiger partial charge in [0.05, 0.1) is 13.2 Å². The van der Waals surface area contributed by atoms with Crippen LogP contribution in [0, 0.1) is 5.92 Å². The molecule has 0 saturated heterocycles. The minimum atomic E-state index is 0.421. The first-order chi connectivity index (χ1) is 8.56. The van der Waals surface area contributed by atoms with E-state index >= 15 is 0 Å². The second kappa shape index (κ2) is 10.7. The average molecular weight is 260 g/mol. The van der Waals surface area contributed by atoms with Crippen molar-refractivity contribution in [2.45, 2.75) is 39.8 Å². The molecular weight excluding hydrogens is 228 g/mol. The highest BCUT2D eigenvalue weighted by Gasteiger charge is 2.20. The van der Waals surface area contributed by atoms with Gasteiger partial charge in [-0.25, -0.2) is 0 Å². The van der Waals surface area contributed by atoms with Gasteiger partial charge in [0.25, 0.3) is 0 Å². The molecule has 0 rings (SSSR count). The molecule has 1 N–H and O–H groups in total. The van der Waals surface area contributed by atoms with Crippen LogP contribution in [0.2, 0.25) is 0 Å². The standard InChI is InChI=1S/C14H32N2O2/c1-7-15-14(12(2)3)10-16(8-9-17-5)13(4)11-18-6/h12-15H,7-11H2,1-6H3. The van der Waals surface area contributed by atoms with E-state index in [-0.39, 0.29) is 0 Å². The van der Waals surface area contributed by atoms with Crippen molar-refractivity contribution in [2.24, 2.45) is 5.92 Å². The molecule has 0 aromatic heterocycles. The normalized spacial score (nSPS) is 15.3. The number of hydrogen-bond acceptors (Lipinski definition) is 4. The van der Waals surface area contributed by atoms with Crippen molar-refractivity contribution in [1.29, 1.82) is 0 Å². The van der Waals surface area contributed by atoms with E-state index < -0.39 is 0 Å². The van der Waals surface area contributed by atoms with E-state index in [0.29, 0.717) is 18.0 Å². The van der Waals surface area contributed by atoms with Crippen molar-refractivity contribution in [3.05, 3.63) is 0 Å². The van der Waals surface area contributed by atoms with E-state index in [1.807, 2.05) is 0 Å². The van der Waals surface area contributed by atoms with Gasteiger partial charge in [-0.3, -0.25) is 4.90 Å². The SMILES string of the molecule is CCNC(CN(CCOC)C(C)COC)C(C)C. The Morgan fingerprint density at radius 3 is 2.22 bits per heavy atom. The van der Waals surface area contributed by atoms with Crippen LogP contribution in [-0.2, 0) is 9.47 Å². The van der Waals surface area contributed by atoms with Gasteiger partial charge in [0.2, 0.25) is 0 Å². The molecule has 0 spiro atoms. The number of nitrogens with zero attached hydrogens (tertiary/aromatic N) is 1. The maximum Gasteiger partial charge on any atom is 0.0615 e. The molecule has 2 unspecified atom stereocenters. The van der Waals surface area contributed by atoms with E-state index in [2.05, 4.69) is 37.9 Å². The predicted octanol–water partition coefficient (Wildman–Crippen LogP) is 1.60. The molecule has 18 heavy (non-hydrogen) atoms. The molecule has 0 aliphatic carbocycles. The van der Waals surface area contributed by atoms with Crippen LogP contribution < -0.4 is 5.32 Å². The summed E-state index contributed by atoms with van der Waals surface area (Å²) in [5.74, 6) is 0.629. The third kappa shape index (κ3) is 7.31. The first-order valence-corrected chi connectivity index (χ1v) is 7.02. The second-order valence-electron chi connectivity index (χ2n) is 5.20. The number of nitrogens with one attached hydrogen (secondary N) is 1. The van der Waals surface area contributed by atoms with Crippen LogP contribution in [0.1, 0.15) is 27.7 Å². The van der Waals surface area contributed by atoms with E-state index in [9.17, 15) is 0 Å². The lowest BCUT2D eigenvalue weighted by Gasteiger charge is -2.34. The van der Waals surface area contributed by atoms with Gasteiger partial charge in [0.15, 0.2) is 0 Å². The number of ether oxygens (including phenoxy) is 2. The molecule has 4 nitrogen and oxygen atoms in total. The minimum absolute atomic E-state index is 0.421. The topological polar surface area (TPSA) is 33.7 Å². The van der Waals surface area contributed by atoms with Crippen molar-refractivity contribution in [3.8, 4) is 0 Å². The number of rotatable bonds is 11. The van der Waals surface area contributed by atoms with E-state index in [1.54, 1.807) is 14.2 Å². The van der Waals surface area contributed by atoms with Crippen LogP contribution in [0.3, 0.4) is 0 Å². The molecule has 0 aromatic carbocycles. The summed E-state index contributed by atoms with van der Waals surface area (Å²) in [7, 11) is 3.51. The van der Waals surface area contributed by atoms with Crippen LogP contribution in [0.5, 0.6) is 0 Å². The Morgan fingerprint density at radius 1 is 1.11 bits per heavy atom. The van der Waals surface area contributed by atoms with Crippen LogP contribution in [0.25, 0.3) is 0 Å². The third-order valence-electron chi connectivity index (χ3n) is 3.32. The van der Waals surface area contributed by atoms with Crippen molar-refractivity contribution in [2.75, 3.05) is 47.1 Å². The van der Waals surface area contributed by atoms with Crippen molar-refractivity contribution >= 4 is 0 Å². The Bertz CT molecular complexity index is 189. The zero-order valence-electron chi connectivity index (χ0n) is 13.0. The monoisotopic (exact) mass is 260 g/mol. The predicted molar refractivity (Wildman–Crippen MR) is 77.1 cm³/mol. The summed E-state index contributed by atoms with van der Waals surface area (Å²) < 4.78 is 10.5. The van der Waals surface area contributed by atoms with Gasteiger partial charge in [-0.15, -0.1) is 0 Å². The molecule has 0 aliphatic heterocycles. The zero-order valence-corrected chi connectivity index (χ0v) is 13.0. The molecular formula is C14H32N2O2. The molecule has 2 atom stereocenters. The van der Waals surface area contributed by atoms with Gasteiger partial charge in [-0.05, 0) is 19.4 Å². The summed E-state index contributed by atoms with van der Waals surface area (Å²) in [6, 6.07) is 0.941. The van der Waals surface area contributed by atoms with Crippen LogP contribution in [0.15, 0.2) is 0 Å². The molecule has 0 amide bonds. The summed E-state index contributed by atoms with van der Waals surface area (Å²) in [6.07, 6.45) is 0. The Balaban J connectivity index is 4.42. The Kier molecular flexibility index (Phi) is 10.6. The lowest BCUT2D eigenvalue weighted by atomic mass is 10.0. The Morgan fingerprint density at radius 2 is 1.78 bits per heavy atom. The third-order valence-corrected chi connectivity index (χ3v) is 3.32. The summed E-state index contributed by atoms with van der Waals surface area (Å²) in [6.45, 7) is 13.4. The largest absolute Gasteiger partial charge is 0.383 e. The highest BCUT2D eigenvalue weighted by molar-refractivity contribution is 4.78. The Hall–Kier alpha value is -0.160. The van der Waals surface area contributed by atoms with Crippen molar-refractivity contribution in [3.63, 3.8) is 0 Å². The Labute approximate surface area is 113 Å². The molecule has 0 heterocycles. The summed E-state index contributed by atoms with van der Waals surface area (Å²) in [5, 5.41) is 3.56. The number of methoxy groups -OCH3 is 2. The first kappa shape index (κ1) is 17.8. The number of likely N-dealkylation sites (N-methyl/N-ethyl adjacent to an activating group) is 1. The molecule has 110 valence electrons. The maximum atomic E-state index is 5.26. The van der Waals surface area contributed by atoms with Gasteiger partial charge >= 0.3 is 0 Å². The molecule has 0 saturated carbocycles. The lowest BCUT2D eigenvalue weighted by Crippen LogP contribution is -2.49. The quantitative estimate of drug-likeness (QED) is 0.612. The highest BCUT2D eigenvalue weighted by atomic mass is 16.5. The van der Waals surface area contributed by atoms with Crippen molar-refractivity contribution < 1.29 is 9.47 Å². The second-order valence-corrected chi connectivity index (χ2v) is 5.20. The molecule has 0 radical (unpaired) electrons. The molecule has 0 fully saturated rings. The lowest BCUT2D eigenvalue weighted by molar-refractivity contribution is 0.0650. The minimum Gasteiger partial charge on any atom is -0.383 e. The van der Waals surface area contributed by atoms with Crippen LogP contribution in [0.4, 0.5) is 0 Å². The maximum absolute atomic E-state index is 5.26. The summed E-state index contributed by atoms with van der Waals surface area (Å²) in [5.41, 5.74) is 0. The number of hydrogen-bond donors (Lipinski definition) is 1. The average Bonchev–Trinajstić information content (AvgIpc) is 2.33. The van der Waals surface area contributed by atoms with E-state index in [0.717, 1.165) is 32.8 Å². The fourth-order valence-corrected chi connectivity index (χ4v) is 2.07. The van der Waals surface area contributed by atoms with Gasteiger partial charge < -0.3 is 14.8 Å². The van der Waals surface area contributed by atoms with Crippen LogP contribution >= 0.6 is 0 Å². The smallest absolute Gasteiger partial charge is 0.0615 e. The van der Waals surface area contributed by atoms with Gasteiger partial charge in [-0.2, -0.15) is 0 Å². The van der Waals surface area contributed by atoms with Crippen LogP contribution in [-0.4, -0.2) is 64.1 Å². The fourth-order valence-electron chi connectivity index (χ4n) is 2.07. The van der Waals surface area contributed by atoms with Gasteiger partial charge in [-0.1, -0.05) is 20.8 Å². The van der Waals surface area contributed by atoms with E-state index in [4.69, 9.17) is 9.47 Å². The summed E-state index contributed by atoms with van der Waals surface area (Å²) >= 11 is 0. The van der Waals surface area contributed by atoms with E-state index in [1.165, 1.54) is 0 Å². The zero-order chi connectivity index (χ0) is 14.0. The first-order valence-electron chi connectivity index (χ1n) is 7.02.